The van der Waals surface area contributed by atoms with Crippen molar-refractivity contribution < 1.29 is 8.42 Å². The largest absolute Gasteiger partial charge is 0.313 e. The molecule has 2 aliphatic heterocycles. The van der Waals surface area contributed by atoms with Crippen LogP contribution in [0.3, 0.4) is 0 Å². The molecule has 2 saturated heterocycles. The Morgan fingerprint density at radius 2 is 2.18 bits per heavy atom. The molecule has 4 nitrogen and oxygen atoms in total. The molecule has 0 saturated carbocycles. The molecule has 2 fully saturated rings. The highest BCUT2D eigenvalue weighted by Gasteiger charge is 2.31. The van der Waals surface area contributed by atoms with E-state index in [1.54, 1.807) is 0 Å². The summed E-state index contributed by atoms with van der Waals surface area (Å²) in [4.78, 5) is 2.43. The first kappa shape index (κ1) is 13.3. The first-order valence-corrected chi connectivity index (χ1v) is 8.57. The van der Waals surface area contributed by atoms with Gasteiger partial charge in [-0.25, -0.2) is 8.42 Å². The zero-order valence-corrected chi connectivity index (χ0v) is 11.5. The van der Waals surface area contributed by atoms with Crippen LogP contribution in [-0.2, 0) is 9.84 Å². The third kappa shape index (κ3) is 3.93. The summed E-state index contributed by atoms with van der Waals surface area (Å²) in [6, 6.07) is 0.618. The summed E-state index contributed by atoms with van der Waals surface area (Å²) < 4.78 is 22.8. The normalized spacial score (nSPS) is 33.2. The minimum absolute atomic E-state index is 0.380. The van der Waals surface area contributed by atoms with Gasteiger partial charge in [0.05, 0.1) is 11.5 Å². The third-order valence-electron chi connectivity index (χ3n) is 3.80. The van der Waals surface area contributed by atoms with Crippen molar-refractivity contribution in [2.75, 3.05) is 37.7 Å². The average Bonchev–Trinajstić information content (AvgIpc) is 2.83. The van der Waals surface area contributed by atoms with E-state index in [0.717, 1.165) is 32.6 Å². The van der Waals surface area contributed by atoms with Gasteiger partial charge in [-0.1, -0.05) is 6.92 Å². The maximum atomic E-state index is 11.4. The summed E-state index contributed by atoms with van der Waals surface area (Å²) >= 11 is 0. The van der Waals surface area contributed by atoms with Gasteiger partial charge in [-0.05, 0) is 38.3 Å². The maximum Gasteiger partial charge on any atom is 0.150 e. The molecule has 0 bridgehead atoms. The van der Waals surface area contributed by atoms with E-state index < -0.39 is 9.84 Å². The average molecular weight is 260 g/mol. The Kier molecular flexibility index (Phi) is 4.44. The molecule has 0 spiro atoms. The lowest BCUT2D eigenvalue weighted by Crippen LogP contribution is -2.34. The van der Waals surface area contributed by atoms with E-state index in [9.17, 15) is 8.42 Å². The summed E-state index contributed by atoms with van der Waals surface area (Å²) in [6.07, 6.45) is 3.25. The highest BCUT2D eigenvalue weighted by atomic mass is 32.2. The number of hydrogen-bond donors (Lipinski definition) is 1. The Bertz CT molecular complexity index is 342. The predicted octanol–water partition coefficient (Wildman–Crippen LogP) is 0.495. The molecule has 100 valence electrons. The minimum Gasteiger partial charge on any atom is -0.313 e. The molecule has 2 aliphatic rings. The first-order chi connectivity index (χ1) is 8.09. The SMILES string of the molecule is CCCNC1CCN(CC2CCS(=O)(=O)C2)C1. The van der Waals surface area contributed by atoms with E-state index >= 15 is 0 Å². The first-order valence-electron chi connectivity index (χ1n) is 6.75. The molecule has 0 aromatic carbocycles. The van der Waals surface area contributed by atoms with Crippen molar-refractivity contribution in [3.63, 3.8) is 0 Å². The van der Waals surface area contributed by atoms with E-state index in [-0.39, 0.29) is 0 Å². The second kappa shape index (κ2) is 5.67. The smallest absolute Gasteiger partial charge is 0.150 e. The van der Waals surface area contributed by atoms with Gasteiger partial charge in [0.15, 0.2) is 9.84 Å². The van der Waals surface area contributed by atoms with Gasteiger partial charge in [0, 0.05) is 19.1 Å². The van der Waals surface area contributed by atoms with Gasteiger partial charge >= 0.3 is 0 Å². The molecular weight excluding hydrogens is 236 g/mol. The lowest BCUT2D eigenvalue weighted by molar-refractivity contribution is 0.283. The van der Waals surface area contributed by atoms with Crippen LogP contribution in [0.25, 0.3) is 0 Å². The zero-order valence-electron chi connectivity index (χ0n) is 10.7. The molecule has 2 rings (SSSR count). The summed E-state index contributed by atoms with van der Waals surface area (Å²) in [5, 5.41) is 3.54. The van der Waals surface area contributed by atoms with Crippen molar-refractivity contribution in [3.05, 3.63) is 0 Å². The van der Waals surface area contributed by atoms with Gasteiger partial charge in [0.25, 0.3) is 0 Å². The Morgan fingerprint density at radius 3 is 2.82 bits per heavy atom. The van der Waals surface area contributed by atoms with Gasteiger partial charge in [0.2, 0.25) is 0 Å². The van der Waals surface area contributed by atoms with E-state index in [1.807, 2.05) is 0 Å². The fourth-order valence-corrected chi connectivity index (χ4v) is 4.74. The number of sulfone groups is 1. The van der Waals surface area contributed by atoms with Crippen molar-refractivity contribution in [3.8, 4) is 0 Å². The summed E-state index contributed by atoms with van der Waals surface area (Å²) in [5.41, 5.74) is 0. The Labute approximate surface area is 105 Å². The Hall–Kier alpha value is -0.130. The minimum atomic E-state index is -2.71. The van der Waals surface area contributed by atoms with Crippen molar-refractivity contribution in [1.82, 2.24) is 10.2 Å². The summed E-state index contributed by atoms with van der Waals surface area (Å²) in [6.45, 7) is 6.47. The van der Waals surface area contributed by atoms with Crippen LogP contribution in [-0.4, -0.2) is 57.0 Å². The van der Waals surface area contributed by atoms with E-state index in [4.69, 9.17) is 0 Å². The molecule has 5 heteroatoms. The molecular formula is C12H24N2O2S. The molecule has 0 aliphatic carbocycles. The van der Waals surface area contributed by atoms with Crippen LogP contribution < -0.4 is 5.32 Å². The maximum absolute atomic E-state index is 11.4. The topological polar surface area (TPSA) is 49.4 Å². The van der Waals surface area contributed by atoms with Crippen LogP contribution >= 0.6 is 0 Å². The molecule has 2 atom stereocenters. The molecule has 2 heterocycles. The molecule has 17 heavy (non-hydrogen) atoms. The van der Waals surface area contributed by atoms with Crippen LogP contribution in [0.5, 0.6) is 0 Å². The molecule has 0 radical (unpaired) electrons. The van der Waals surface area contributed by atoms with Gasteiger partial charge < -0.3 is 10.2 Å². The number of nitrogens with zero attached hydrogens (tertiary/aromatic N) is 1. The lowest BCUT2D eigenvalue weighted by atomic mass is 10.1. The predicted molar refractivity (Wildman–Crippen MR) is 69.9 cm³/mol. The van der Waals surface area contributed by atoms with Gasteiger partial charge in [-0.3, -0.25) is 0 Å². The number of nitrogens with one attached hydrogen (secondary N) is 1. The molecule has 0 amide bonds. The molecule has 2 unspecified atom stereocenters. The van der Waals surface area contributed by atoms with Crippen LogP contribution in [0.2, 0.25) is 0 Å². The Balaban J connectivity index is 1.71. The fraction of sp³-hybridized carbons (Fsp3) is 1.00. The highest BCUT2D eigenvalue weighted by Crippen LogP contribution is 2.21. The standard InChI is InChI=1S/C12H24N2O2S/c1-2-5-13-12-3-6-14(9-12)8-11-4-7-17(15,16)10-11/h11-13H,2-10H2,1H3. The second-order valence-corrected chi connectivity index (χ2v) is 7.70. The molecule has 0 aromatic rings. The van der Waals surface area contributed by atoms with Gasteiger partial charge in [0.1, 0.15) is 0 Å². The van der Waals surface area contributed by atoms with Crippen LogP contribution in [0, 0.1) is 5.92 Å². The van der Waals surface area contributed by atoms with Crippen molar-refractivity contribution >= 4 is 9.84 Å². The van der Waals surface area contributed by atoms with Crippen molar-refractivity contribution in [2.24, 2.45) is 5.92 Å². The lowest BCUT2D eigenvalue weighted by Gasteiger charge is -2.19. The fourth-order valence-electron chi connectivity index (χ4n) is 2.89. The van der Waals surface area contributed by atoms with Crippen LogP contribution in [0.4, 0.5) is 0 Å². The van der Waals surface area contributed by atoms with Crippen molar-refractivity contribution in [2.45, 2.75) is 32.2 Å². The van der Waals surface area contributed by atoms with Gasteiger partial charge in [-0.2, -0.15) is 0 Å². The van der Waals surface area contributed by atoms with Crippen LogP contribution in [0.1, 0.15) is 26.2 Å². The molecule has 1 N–H and O–H groups in total. The highest BCUT2D eigenvalue weighted by molar-refractivity contribution is 7.91. The summed E-state index contributed by atoms with van der Waals surface area (Å²) in [7, 11) is -2.71. The number of rotatable bonds is 5. The van der Waals surface area contributed by atoms with E-state index in [1.165, 1.54) is 12.8 Å². The van der Waals surface area contributed by atoms with Crippen molar-refractivity contribution in [1.29, 1.82) is 0 Å². The Morgan fingerprint density at radius 1 is 1.35 bits per heavy atom. The second-order valence-electron chi connectivity index (χ2n) is 5.47. The summed E-state index contributed by atoms with van der Waals surface area (Å²) in [5.74, 6) is 1.20. The van der Waals surface area contributed by atoms with Gasteiger partial charge in [-0.15, -0.1) is 0 Å². The number of hydrogen-bond acceptors (Lipinski definition) is 4. The zero-order chi connectivity index (χ0) is 12.3. The quantitative estimate of drug-likeness (QED) is 0.782. The molecule has 0 aromatic heterocycles. The van der Waals surface area contributed by atoms with E-state index in [2.05, 4.69) is 17.1 Å². The van der Waals surface area contributed by atoms with E-state index in [0.29, 0.717) is 23.5 Å². The third-order valence-corrected chi connectivity index (χ3v) is 5.64. The number of likely N-dealkylation sites (tertiary alicyclic amines) is 1. The van der Waals surface area contributed by atoms with Crippen LogP contribution in [0.15, 0.2) is 0 Å². The monoisotopic (exact) mass is 260 g/mol.